The number of nitrogens with zero attached hydrogens (tertiary/aromatic N) is 2. The van der Waals surface area contributed by atoms with Crippen molar-refractivity contribution < 1.29 is 0 Å². The molecule has 0 amide bonds. The summed E-state index contributed by atoms with van der Waals surface area (Å²) in [5, 5.41) is 10.1. The summed E-state index contributed by atoms with van der Waals surface area (Å²) < 4.78 is 0. The van der Waals surface area contributed by atoms with Crippen LogP contribution in [0.4, 0.5) is 0 Å². The molecule has 0 spiro atoms. The van der Waals surface area contributed by atoms with Crippen LogP contribution in [0, 0.1) is 11.3 Å². The molecule has 0 fully saturated rings. The Morgan fingerprint density at radius 1 is 1.05 bits per heavy atom. The van der Waals surface area contributed by atoms with E-state index >= 15 is 0 Å². The SMILES string of the molecule is N#Cc1cc(-c2ccccc2)[nH]c1Sc1ccncc1. The number of aromatic amines is 1. The van der Waals surface area contributed by atoms with Crippen molar-refractivity contribution in [1.29, 1.82) is 5.26 Å². The third-order valence-corrected chi connectivity index (χ3v) is 3.89. The second-order valence-corrected chi connectivity index (χ2v) is 5.27. The van der Waals surface area contributed by atoms with Crippen molar-refractivity contribution in [2.45, 2.75) is 9.92 Å². The highest BCUT2D eigenvalue weighted by molar-refractivity contribution is 7.99. The van der Waals surface area contributed by atoms with Crippen LogP contribution in [-0.2, 0) is 0 Å². The van der Waals surface area contributed by atoms with Gasteiger partial charge >= 0.3 is 0 Å². The van der Waals surface area contributed by atoms with Crippen molar-refractivity contribution in [3.63, 3.8) is 0 Å². The Balaban J connectivity index is 1.96. The van der Waals surface area contributed by atoms with E-state index in [4.69, 9.17) is 0 Å². The zero-order chi connectivity index (χ0) is 13.8. The maximum Gasteiger partial charge on any atom is 0.102 e. The van der Waals surface area contributed by atoms with E-state index in [1.54, 1.807) is 12.4 Å². The summed E-state index contributed by atoms with van der Waals surface area (Å²) in [5.41, 5.74) is 2.69. The average Bonchev–Trinajstić information content (AvgIpc) is 2.92. The minimum Gasteiger partial charge on any atom is -0.348 e. The van der Waals surface area contributed by atoms with Crippen molar-refractivity contribution in [2.75, 3.05) is 0 Å². The lowest BCUT2D eigenvalue weighted by molar-refractivity contribution is 1.18. The summed E-state index contributed by atoms with van der Waals surface area (Å²) in [7, 11) is 0. The normalized spacial score (nSPS) is 10.2. The first-order chi connectivity index (χ1) is 9.86. The van der Waals surface area contributed by atoms with E-state index in [9.17, 15) is 5.26 Å². The number of pyridine rings is 1. The summed E-state index contributed by atoms with van der Waals surface area (Å²) >= 11 is 1.54. The van der Waals surface area contributed by atoms with Gasteiger partial charge in [-0.3, -0.25) is 4.98 Å². The van der Waals surface area contributed by atoms with E-state index in [0.717, 1.165) is 21.2 Å². The van der Waals surface area contributed by atoms with Crippen LogP contribution in [0.2, 0.25) is 0 Å². The molecule has 0 unspecified atom stereocenters. The van der Waals surface area contributed by atoms with Gasteiger partial charge in [0.05, 0.1) is 10.6 Å². The van der Waals surface area contributed by atoms with Gasteiger partial charge in [0, 0.05) is 23.0 Å². The van der Waals surface area contributed by atoms with Gasteiger partial charge in [0.1, 0.15) is 6.07 Å². The Hall–Kier alpha value is -2.51. The zero-order valence-corrected chi connectivity index (χ0v) is 11.4. The molecule has 0 bridgehead atoms. The number of rotatable bonds is 3. The summed E-state index contributed by atoms with van der Waals surface area (Å²) in [6.07, 6.45) is 3.49. The highest BCUT2D eigenvalue weighted by Crippen LogP contribution is 2.32. The van der Waals surface area contributed by atoms with E-state index < -0.39 is 0 Å². The molecule has 0 aliphatic heterocycles. The lowest BCUT2D eigenvalue weighted by Crippen LogP contribution is -1.79. The Kier molecular flexibility index (Phi) is 3.53. The van der Waals surface area contributed by atoms with Gasteiger partial charge in [-0.05, 0) is 23.8 Å². The highest BCUT2D eigenvalue weighted by Gasteiger charge is 2.10. The van der Waals surface area contributed by atoms with Crippen molar-refractivity contribution in [3.05, 3.63) is 66.5 Å². The van der Waals surface area contributed by atoms with Gasteiger partial charge in [-0.2, -0.15) is 5.26 Å². The van der Waals surface area contributed by atoms with Crippen LogP contribution < -0.4 is 0 Å². The Morgan fingerprint density at radius 2 is 1.80 bits per heavy atom. The van der Waals surface area contributed by atoms with Gasteiger partial charge in [-0.1, -0.05) is 42.1 Å². The van der Waals surface area contributed by atoms with E-state index in [2.05, 4.69) is 16.0 Å². The van der Waals surface area contributed by atoms with Crippen molar-refractivity contribution in [2.24, 2.45) is 0 Å². The fraction of sp³-hybridized carbons (Fsp3) is 0. The number of H-pyrrole nitrogens is 1. The molecule has 1 aromatic carbocycles. The predicted octanol–water partition coefficient (Wildman–Crippen LogP) is 4.10. The summed E-state index contributed by atoms with van der Waals surface area (Å²) in [6, 6.07) is 18.0. The lowest BCUT2D eigenvalue weighted by Gasteiger charge is -1.99. The molecule has 0 radical (unpaired) electrons. The summed E-state index contributed by atoms with van der Waals surface area (Å²) in [6.45, 7) is 0. The maximum atomic E-state index is 9.26. The van der Waals surface area contributed by atoms with Gasteiger partial charge < -0.3 is 4.98 Å². The number of hydrogen-bond donors (Lipinski definition) is 1. The van der Waals surface area contributed by atoms with Crippen molar-refractivity contribution in [3.8, 4) is 17.3 Å². The first-order valence-electron chi connectivity index (χ1n) is 6.13. The number of benzene rings is 1. The van der Waals surface area contributed by atoms with Gasteiger partial charge in [0.15, 0.2) is 0 Å². The molecule has 0 aliphatic carbocycles. The molecule has 20 heavy (non-hydrogen) atoms. The molecule has 3 aromatic rings. The average molecular weight is 277 g/mol. The van der Waals surface area contributed by atoms with Gasteiger partial charge in [-0.25, -0.2) is 0 Å². The molecule has 0 saturated heterocycles. The molecule has 2 aromatic heterocycles. The molecule has 0 saturated carbocycles. The predicted molar refractivity (Wildman–Crippen MR) is 79.3 cm³/mol. The first-order valence-corrected chi connectivity index (χ1v) is 6.95. The largest absolute Gasteiger partial charge is 0.348 e. The Bertz CT molecular complexity index is 742. The Morgan fingerprint density at radius 3 is 2.50 bits per heavy atom. The molecular weight excluding hydrogens is 266 g/mol. The van der Waals surface area contributed by atoms with Crippen LogP contribution in [0.1, 0.15) is 5.56 Å². The van der Waals surface area contributed by atoms with Crippen LogP contribution in [0.5, 0.6) is 0 Å². The summed E-state index contributed by atoms with van der Waals surface area (Å²) in [5.74, 6) is 0. The fourth-order valence-corrected chi connectivity index (χ4v) is 2.77. The Labute approximate surface area is 121 Å². The summed E-state index contributed by atoms with van der Waals surface area (Å²) in [4.78, 5) is 8.37. The van der Waals surface area contributed by atoms with Gasteiger partial charge in [-0.15, -0.1) is 0 Å². The maximum absolute atomic E-state index is 9.26. The topological polar surface area (TPSA) is 52.5 Å². The van der Waals surface area contributed by atoms with Crippen LogP contribution in [0.15, 0.2) is 70.8 Å². The molecule has 3 nitrogen and oxygen atoms in total. The van der Waals surface area contributed by atoms with Crippen LogP contribution in [0.25, 0.3) is 11.3 Å². The second-order valence-electron chi connectivity index (χ2n) is 4.19. The number of nitrogens with one attached hydrogen (secondary N) is 1. The fourth-order valence-electron chi connectivity index (χ4n) is 1.90. The smallest absolute Gasteiger partial charge is 0.102 e. The third-order valence-electron chi connectivity index (χ3n) is 2.86. The molecular formula is C16H11N3S. The van der Waals surface area contributed by atoms with Crippen molar-refractivity contribution >= 4 is 11.8 Å². The van der Waals surface area contributed by atoms with Crippen LogP contribution in [-0.4, -0.2) is 9.97 Å². The molecule has 1 N–H and O–H groups in total. The van der Waals surface area contributed by atoms with Gasteiger partial charge in [0.2, 0.25) is 0 Å². The first kappa shape index (κ1) is 12.5. The van der Waals surface area contributed by atoms with Crippen molar-refractivity contribution in [1.82, 2.24) is 9.97 Å². The number of aromatic nitrogens is 2. The van der Waals surface area contributed by atoms with Crippen LogP contribution >= 0.6 is 11.8 Å². The zero-order valence-electron chi connectivity index (χ0n) is 10.6. The molecule has 0 aliphatic rings. The third kappa shape index (κ3) is 2.58. The minimum absolute atomic E-state index is 0.658. The number of hydrogen-bond acceptors (Lipinski definition) is 3. The molecule has 4 heteroatoms. The quantitative estimate of drug-likeness (QED) is 0.784. The van der Waals surface area contributed by atoms with E-state index in [1.807, 2.05) is 48.5 Å². The lowest BCUT2D eigenvalue weighted by atomic mass is 10.1. The highest BCUT2D eigenvalue weighted by atomic mass is 32.2. The van der Waals surface area contributed by atoms with Crippen LogP contribution in [0.3, 0.4) is 0 Å². The minimum atomic E-state index is 0.658. The van der Waals surface area contributed by atoms with Gasteiger partial charge in [0.25, 0.3) is 0 Å². The molecule has 0 atom stereocenters. The molecule has 3 rings (SSSR count). The van der Waals surface area contributed by atoms with E-state index in [-0.39, 0.29) is 0 Å². The monoisotopic (exact) mass is 277 g/mol. The number of nitriles is 1. The molecule has 96 valence electrons. The second kappa shape index (κ2) is 5.64. The van der Waals surface area contributed by atoms with E-state index in [1.165, 1.54) is 11.8 Å². The van der Waals surface area contributed by atoms with E-state index in [0.29, 0.717) is 5.56 Å². The standard InChI is InChI=1S/C16H11N3S/c17-11-13-10-15(12-4-2-1-3-5-12)19-16(13)20-14-6-8-18-9-7-14/h1-10,19H. The molecule has 2 heterocycles.